The Balaban J connectivity index is 3.17. The maximum absolute atomic E-state index is 12.3. The van der Waals surface area contributed by atoms with Crippen molar-refractivity contribution in [1.29, 1.82) is 5.26 Å². The quantitative estimate of drug-likeness (QED) is 0.692. The summed E-state index contributed by atoms with van der Waals surface area (Å²) in [5.41, 5.74) is -0.0511. The molecule has 0 atom stereocenters. The van der Waals surface area contributed by atoms with Crippen LogP contribution in [0.25, 0.3) is 0 Å². The predicted octanol–water partition coefficient (Wildman–Crippen LogP) is 2.63. The van der Waals surface area contributed by atoms with Crippen molar-refractivity contribution >= 4 is 11.6 Å². The number of hydrogen-bond donors (Lipinski definition) is 0. The van der Waals surface area contributed by atoms with Gasteiger partial charge in [-0.3, -0.25) is 0 Å². The number of nitrogens with zero attached hydrogens (tertiary/aromatic N) is 2. The van der Waals surface area contributed by atoms with Crippen molar-refractivity contribution in [1.82, 2.24) is 4.98 Å². The molecule has 1 aromatic heterocycles. The smallest absolute Gasteiger partial charge is 0.240 e. The Morgan fingerprint density at radius 1 is 1.54 bits per heavy atom. The summed E-state index contributed by atoms with van der Waals surface area (Å²) < 4.78 is 24.5. The first-order valence-electron chi connectivity index (χ1n) is 3.43. The fourth-order valence-corrected chi connectivity index (χ4v) is 1.09. The molecule has 1 rings (SSSR count). The molecule has 0 radical (unpaired) electrons. The molecule has 5 heteroatoms. The van der Waals surface area contributed by atoms with Crippen LogP contribution in [0.2, 0.25) is 0 Å². The van der Waals surface area contributed by atoms with Crippen molar-refractivity contribution in [3.63, 3.8) is 0 Å². The molecule has 2 nitrogen and oxygen atoms in total. The van der Waals surface area contributed by atoms with Gasteiger partial charge in [0.05, 0.1) is 11.6 Å². The summed E-state index contributed by atoms with van der Waals surface area (Å²) in [6.45, 7) is 0. The first-order valence-corrected chi connectivity index (χ1v) is 3.96. The number of halogens is 3. The SMILES string of the molecule is N#Cc1ccc(C(F)F)c(CCl)n1. The van der Waals surface area contributed by atoms with Gasteiger partial charge in [-0.05, 0) is 12.1 Å². The number of hydrogen-bond acceptors (Lipinski definition) is 2. The van der Waals surface area contributed by atoms with Crippen LogP contribution in [0.3, 0.4) is 0 Å². The van der Waals surface area contributed by atoms with Crippen molar-refractivity contribution < 1.29 is 8.78 Å². The minimum Gasteiger partial charge on any atom is -0.240 e. The first kappa shape index (κ1) is 9.87. The molecule has 0 bridgehead atoms. The van der Waals surface area contributed by atoms with Gasteiger partial charge in [-0.15, -0.1) is 11.6 Å². The highest BCUT2D eigenvalue weighted by Crippen LogP contribution is 2.22. The van der Waals surface area contributed by atoms with Crippen LogP contribution in [0.1, 0.15) is 23.4 Å². The fraction of sp³-hybridized carbons (Fsp3) is 0.250. The average molecular weight is 203 g/mol. The molecule has 0 amide bonds. The van der Waals surface area contributed by atoms with Crippen LogP contribution in [0.15, 0.2) is 12.1 Å². The Labute approximate surface area is 78.8 Å². The fourth-order valence-electron chi connectivity index (χ4n) is 0.880. The van der Waals surface area contributed by atoms with E-state index in [0.717, 1.165) is 0 Å². The van der Waals surface area contributed by atoms with E-state index in [-0.39, 0.29) is 22.8 Å². The Bertz CT molecular complexity index is 346. The van der Waals surface area contributed by atoms with Gasteiger partial charge in [0.25, 0.3) is 6.43 Å². The lowest BCUT2D eigenvalue weighted by atomic mass is 10.2. The monoisotopic (exact) mass is 202 g/mol. The zero-order valence-corrected chi connectivity index (χ0v) is 7.22. The van der Waals surface area contributed by atoms with Crippen LogP contribution >= 0.6 is 11.6 Å². The molecule has 0 spiro atoms. The van der Waals surface area contributed by atoms with Gasteiger partial charge in [-0.25, -0.2) is 13.8 Å². The molecule has 0 aliphatic heterocycles. The van der Waals surface area contributed by atoms with Crippen LogP contribution in [-0.2, 0) is 5.88 Å². The van der Waals surface area contributed by atoms with Crippen LogP contribution in [-0.4, -0.2) is 4.98 Å². The molecule has 1 aromatic rings. The van der Waals surface area contributed by atoms with E-state index in [9.17, 15) is 8.78 Å². The molecular formula is C8H5ClF2N2. The van der Waals surface area contributed by atoms with Crippen molar-refractivity contribution in [3.8, 4) is 6.07 Å². The maximum Gasteiger partial charge on any atom is 0.265 e. The third-order valence-corrected chi connectivity index (χ3v) is 1.74. The van der Waals surface area contributed by atoms with Crippen LogP contribution in [0.5, 0.6) is 0 Å². The minimum atomic E-state index is -2.60. The largest absolute Gasteiger partial charge is 0.265 e. The highest BCUT2D eigenvalue weighted by Gasteiger charge is 2.13. The standard InChI is InChI=1S/C8H5ClF2N2/c9-3-7-6(8(10)11)2-1-5(4-12)13-7/h1-2,8H,3H2. The van der Waals surface area contributed by atoms with Crippen LogP contribution < -0.4 is 0 Å². The summed E-state index contributed by atoms with van der Waals surface area (Å²) in [5, 5.41) is 8.44. The summed E-state index contributed by atoms with van der Waals surface area (Å²) in [4.78, 5) is 3.66. The number of alkyl halides is 3. The van der Waals surface area contributed by atoms with E-state index in [0.29, 0.717) is 0 Å². The van der Waals surface area contributed by atoms with E-state index in [1.165, 1.54) is 12.1 Å². The third kappa shape index (κ3) is 2.13. The second-order valence-corrected chi connectivity index (χ2v) is 2.55. The second kappa shape index (κ2) is 4.15. The van der Waals surface area contributed by atoms with Gasteiger partial charge in [-0.1, -0.05) is 0 Å². The normalized spacial score (nSPS) is 10.1. The lowest BCUT2D eigenvalue weighted by Crippen LogP contribution is -1.97. The highest BCUT2D eigenvalue weighted by molar-refractivity contribution is 6.17. The molecule has 0 saturated heterocycles. The molecule has 0 N–H and O–H groups in total. The molecule has 68 valence electrons. The average Bonchev–Trinajstić information content (AvgIpc) is 2.16. The van der Waals surface area contributed by atoms with Gasteiger partial charge < -0.3 is 0 Å². The topological polar surface area (TPSA) is 36.7 Å². The summed E-state index contributed by atoms with van der Waals surface area (Å²) in [6, 6.07) is 4.18. The van der Waals surface area contributed by atoms with E-state index in [1.54, 1.807) is 6.07 Å². The van der Waals surface area contributed by atoms with E-state index in [1.807, 2.05) is 0 Å². The zero-order chi connectivity index (χ0) is 9.84. The van der Waals surface area contributed by atoms with Crippen LogP contribution in [0.4, 0.5) is 8.78 Å². The van der Waals surface area contributed by atoms with Crippen molar-refractivity contribution in [3.05, 3.63) is 29.1 Å². The summed E-state index contributed by atoms with van der Waals surface area (Å²) in [6.07, 6.45) is -2.60. The molecule has 1 heterocycles. The van der Waals surface area contributed by atoms with Crippen molar-refractivity contribution in [2.75, 3.05) is 0 Å². The van der Waals surface area contributed by atoms with Gasteiger partial charge >= 0.3 is 0 Å². The Morgan fingerprint density at radius 2 is 2.23 bits per heavy atom. The minimum absolute atomic E-state index is 0.0655. The van der Waals surface area contributed by atoms with Crippen molar-refractivity contribution in [2.45, 2.75) is 12.3 Å². The lowest BCUT2D eigenvalue weighted by molar-refractivity contribution is 0.150. The highest BCUT2D eigenvalue weighted by atomic mass is 35.5. The predicted molar refractivity (Wildman–Crippen MR) is 43.5 cm³/mol. The number of rotatable bonds is 2. The molecule has 0 aliphatic rings. The van der Waals surface area contributed by atoms with E-state index in [2.05, 4.69) is 4.98 Å². The number of nitriles is 1. The summed E-state index contributed by atoms with van der Waals surface area (Å²) >= 11 is 5.40. The zero-order valence-electron chi connectivity index (χ0n) is 6.47. The lowest BCUT2D eigenvalue weighted by Gasteiger charge is -2.04. The van der Waals surface area contributed by atoms with Crippen LogP contribution in [0, 0.1) is 11.3 Å². The van der Waals surface area contributed by atoms with Gasteiger partial charge in [0, 0.05) is 5.56 Å². The summed E-state index contributed by atoms with van der Waals surface area (Å²) in [5.74, 6) is -0.116. The van der Waals surface area contributed by atoms with E-state index < -0.39 is 6.43 Å². The van der Waals surface area contributed by atoms with Gasteiger partial charge in [0.15, 0.2) is 0 Å². The molecule has 0 unspecified atom stereocenters. The second-order valence-electron chi connectivity index (χ2n) is 2.28. The summed E-state index contributed by atoms with van der Waals surface area (Å²) in [7, 11) is 0. The molecule has 13 heavy (non-hydrogen) atoms. The molecule has 0 aliphatic carbocycles. The molecular weight excluding hydrogens is 198 g/mol. The molecule has 0 fully saturated rings. The molecule has 0 saturated carbocycles. The van der Waals surface area contributed by atoms with Gasteiger partial charge in [0.1, 0.15) is 11.8 Å². The van der Waals surface area contributed by atoms with Crippen molar-refractivity contribution in [2.24, 2.45) is 0 Å². The number of aromatic nitrogens is 1. The Morgan fingerprint density at radius 3 is 2.69 bits per heavy atom. The van der Waals surface area contributed by atoms with Gasteiger partial charge in [0.2, 0.25) is 0 Å². The third-order valence-electron chi connectivity index (χ3n) is 1.49. The molecule has 0 aromatic carbocycles. The first-order chi connectivity index (χ1) is 6.19. The van der Waals surface area contributed by atoms with E-state index in [4.69, 9.17) is 16.9 Å². The Hall–Kier alpha value is -1.21. The van der Waals surface area contributed by atoms with E-state index >= 15 is 0 Å². The number of pyridine rings is 1. The van der Waals surface area contributed by atoms with Gasteiger partial charge in [-0.2, -0.15) is 5.26 Å². The Kier molecular flexibility index (Phi) is 3.15. The maximum atomic E-state index is 12.3.